The largest absolute Gasteiger partial charge is 0.443 e. The molecule has 43 heavy (non-hydrogen) atoms. The van der Waals surface area contributed by atoms with Gasteiger partial charge in [0.05, 0.1) is 29.2 Å². The second kappa shape index (κ2) is 11.4. The molecule has 3 N–H and O–H groups in total. The lowest BCUT2D eigenvalue weighted by molar-refractivity contribution is -0.137. The maximum atomic E-state index is 13.3. The molecule has 2 aromatic rings. The highest BCUT2D eigenvalue weighted by Crippen LogP contribution is 2.39. The molecule has 2 atom stereocenters. The van der Waals surface area contributed by atoms with E-state index in [-0.39, 0.29) is 59.8 Å². The summed E-state index contributed by atoms with van der Waals surface area (Å²) in [4.78, 5) is 45.2. The third-order valence-corrected chi connectivity index (χ3v) is 8.41. The summed E-state index contributed by atoms with van der Waals surface area (Å²) in [6, 6.07) is 5.97. The number of anilines is 1. The number of alkyl halides is 3. The zero-order valence-corrected chi connectivity index (χ0v) is 24.7. The fourth-order valence-electron chi connectivity index (χ4n) is 4.97. The van der Waals surface area contributed by atoms with Crippen molar-refractivity contribution in [2.24, 2.45) is 16.5 Å². The monoisotopic (exact) mass is 627 g/mol. The minimum absolute atomic E-state index is 0.0648. The summed E-state index contributed by atoms with van der Waals surface area (Å²) in [5, 5.41) is 7.56. The van der Waals surface area contributed by atoms with Crippen LogP contribution < -0.4 is 10.5 Å². The van der Waals surface area contributed by atoms with E-state index < -0.39 is 51.4 Å². The third kappa shape index (κ3) is 6.91. The summed E-state index contributed by atoms with van der Waals surface area (Å²) in [5.41, 5.74) is -2.90. The number of aromatic nitrogens is 1. The standard InChI is InChI=1S/C27H32F3N5O7S/c1-25(2,3)23(37)33-20-9-17(27(28,29)30)10-32-21(20)13-42-24(38)35-12-18-11-34(14-26(18,15-35)41-4)22(36)16-5-7-19(8-6-16)43(31,39)40/h5-10,18H,11-15H2,1-4H3,(H,33,37)(H2,31,39,40)/t18-,26+/m1/s1. The van der Waals surface area contributed by atoms with E-state index in [1.54, 1.807) is 25.7 Å². The van der Waals surface area contributed by atoms with Gasteiger partial charge >= 0.3 is 12.3 Å². The highest BCUT2D eigenvalue weighted by atomic mass is 32.2. The number of nitrogens with two attached hydrogens (primary N) is 1. The quantitative estimate of drug-likeness (QED) is 0.494. The van der Waals surface area contributed by atoms with Gasteiger partial charge in [-0.15, -0.1) is 0 Å². The number of hydrogen-bond acceptors (Lipinski definition) is 8. The third-order valence-electron chi connectivity index (χ3n) is 7.48. The van der Waals surface area contributed by atoms with Gasteiger partial charge in [-0.05, 0) is 30.3 Å². The Morgan fingerprint density at radius 2 is 1.70 bits per heavy atom. The number of fused-ring (bicyclic) bond motifs is 1. The Morgan fingerprint density at radius 1 is 1.09 bits per heavy atom. The van der Waals surface area contributed by atoms with Crippen molar-refractivity contribution in [3.05, 3.63) is 53.3 Å². The first-order chi connectivity index (χ1) is 19.8. The van der Waals surface area contributed by atoms with Gasteiger partial charge in [0.15, 0.2) is 0 Å². The number of pyridine rings is 1. The van der Waals surface area contributed by atoms with E-state index in [2.05, 4.69) is 10.3 Å². The van der Waals surface area contributed by atoms with Crippen molar-refractivity contribution in [3.63, 3.8) is 0 Å². The molecule has 0 bridgehead atoms. The summed E-state index contributed by atoms with van der Waals surface area (Å²) in [6.45, 7) is 4.93. The number of nitrogens with one attached hydrogen (secondary N) is 1. The summed E-state index contributed by atoms with van der Waals surface area (Å²) in [6.07, 6.45) is -4.86. The van der Waals surface area contributed by atoms with Gasteiger partial charge in [-0.1, -0.05) is 20.8 Å². The van der Waals surface area contributed by atoms with Crippen molar-refractivity contribution in [2.75, 3.05) is 38.6 Å². The van der Waals surface area contributed by atoms with Crippen molar-refractivity contribution < 1.29 is 45.4 Å². The van der Waals surface area contributed by atoms with Gasteiger partial charge in [-0.25, -0.2) is 18.4 Å². The minimum atomic E-state index is -4.70. The lowest BCUT2D eigenvalue weighted by Crippen LogP contribution is -2.44. The highest BCUT2D eigenvalue weighted by molar-refractivity contribution is 7.89. The summed E-state index contributed by atoms with van der Waals surface area (Å²) in [7, 11) is -2.45. The number of hydrogen-bond donors (Lipinski definition) is 2. The summed E-state index contributed by atoms with van der Waals surface area (Å²) < 4.78 is 74.1. The van der Waals surface area contributed by atoms with Crippen LogP contribution in [0, 0.1) is 11.3 Å². The number of halogens is 3. The predicted octanol–water partition coefficient (Wildman–Crippen LogP) is 2.84. The number of amides is 3. The molecule has 2 aliphatic rings. The average Bonchev–Trinajstić information content (AvgIpc) is 3.45. The van der Waals surface area contributed by atoms with Crippen LogP contribution in [0.2, 0.25) is 0 Å². The number of nitrogens with zero attached hydrogens (tertiary/aromatic N) is 3. The number of likely N-dealkylation sites (tertiary alicyclic amines) is 2. The van der Waals surface area contributed by atoms with Gasteiger partial charge < -0.3 is 24.6 Å². The molecular weight excluding hydrogens is 595 g/mol. The highest BCUT2D eigenvalue weighted by Gasteiger charge is 2.55. The second-order valence-electron chi connectivity index (χ2n) is 11.6. The second-order valence-corrected chi connectivity index (χ2v) is 13.1. The fourth-order valence-corrected chi connectivity index (χ4v) is 5.48. The van der Waals surface area contributed by atoms with Crippen molar-refractivity contribution in [1.29, 1.82) is 0 Å². The van der Waals surface area contributed by atoms with E-state index in [1.807, 2.05) is 0 Å². The molecule has 4 rings (SSSR count). The van der Waals surface area contributed by atoms with E-state index in [0.29, 0.717) is 6.20 Å². The molecule has 2 fully saturated rings. The van der Waals surface area contributed by atoms with Crippen molar-refractivity contribution >= 4 is 33.6 Å². The first-order valence-electron chi connectivity index (χ1n) is 13.1. The topological polar surface area (TPSA) is 161 Å². The molecular formula is C27H32F3N5O7S. The lowest BCUT2D eigenvalue weighted by Gasteiger charge is -2.27. The average molecular weight is 628 g/mol. The Morgan fingerprint density at radius 3 is 2.23 bits per heavy atom. The van der Waals surface area contributed by atoms with E-state index >= 15 is 0 Å². The van der Waals surface area contributed by atoms with Crippen LogP contribution in [0.5, 0.6) is 0 Å². The van der Waals surface area contributed by atoms with Crippen LogP contribution in [0.25, 0.3) is 0 Å². The zero-order valence-electron chi connectivity index (χ0n) is 23.9. The van der Waals surface area contributed by atoms with E-state index in [0.717, 1.165) is 6.07 Å². The van der Waals surface area contributed by atoms with Crippen LogP contribution in [-0.2, 0) is 37.1 Å². The molecule has 1 aromatic carbocycles. The minimum Gasteiger partial charge on any atom is -0.443 e. The molecule has 234 valence electrons. The Hall–Kier alpha value is -3.76. The fraction of sp³-hybridized carbons (Fsp3) is 0.481. The SMILES string of the molecule is CO[C@@]12CN(C(=O)OCc3ncc(C(F)(F)F)cc3NC(=O)C(C)(C)C)C[C@H]1CN(C(=O)c1ccc(S(N)(=O)=O)cc1)C2. The van der Waals surface area contributed by atoms with Gasteiger partial charge in [0.1, 0.15) is 17.9 Å². The van der Waals surface area contributed by atoms with Gasteiger partial charge in [0, 0.05) is 43.3 Å². The molecule has 16 heteroatoms. The first kappa shape index (κ1) is 32.2. The molecule has 0 radical (unpaired) electrons. The van der Waals surface area contributed by atoms with Gasteiger partial charge in [-0.3, -0.25) is 14.6 Å². The smallest absolute Gasteiger partial charge is 0.417 e. The van der Waals surface area contributed by atoms with Crippen molar-refractivity contribution in [1.82, 2.24) is 14.8 Å². The van der Waals surface area contributed by atoms with Crippen LogP contribution in [0.4, 0.5) is 23.7 Å². The van der Waals surface area contributed by atoms with Crippen LogP contribution >= 0.6 is 0 Å². The Balaban J connectivity index is 1.42. The normalized spacial score (nSPS) is 20.6. The molecule has 2 aliphatic heterocycles. The number of benzene rings is 1. The summed E-state index contributed by atoms with van der Waals surface area (Å²) >= 11 is 0. The number of methoxy groups -OCH3 is 1. The molecule has 12 nitrogen and oxygen atoms in total. The molecule has 0 unspecified atom stereocenters. The Bertz CT molecular complexity index is 1530. The maximum Gasteiger partial charge on any atom is 0.417 e. The van der Waals surface area contributed by atoms with Crippen molar-refractivity contribution in [3.8, 4) is 0 Å². The van der Waals surface area contributed by atoms with Crippen LogP contribution in [-0.4, -0.2) is 80.0 Å². The Labute approximate surface area is 246 Å². The molecule has 1 aromatic heterocycles. The van der Waals surface area contributed by atoms with Crippen LogP contribution in [0.15, 0.2) is 41.4 Å². The maximum absolute atomic E-state index is 13.3. The molecule has 0 saturated carbocycles. The number of sulfonamides is 1. The number of carbonyl (C=O) groups excluding carboxylic acids is 3. The number of primary sulfonamides is 1. The predicted molar refractivity (Wildman–Crippen MR) is 146 cm³/mol. The lowest BCUT2D eigenvalue weighted by atomic mass is 9.95. The van der Waals surface area contributed by atoms with Crippen LogP contribution in [0.1, 0.15) is 42.4 Å². The van der Waals surface area contributed by atoms with Gasteiger partial charge in [-0.2, -0.15) is 13.2 Å². The van der Waals surface area contributed by atoms with E-state index in [1.165, 1.54) is 36.3 Å². The Kier molecular flexibility index (Phi) is 8.52. The van der Waals surface area contributed by atoms with Crippen LogP contribution in [0.3, 0.4) is 0 Å². The summed E-state index contributed by atoms with van der Waals surface area (Å²) in [5.74, 6) is -1.17. The van der Waals surface area contributed by atoms with Gasteiger partial charge in [0.2, 0.25) is 15.9 Å². The first-order valence-corrected chi connectivity index (χ1v) is 14.7. The molecule has 0 spiro atoms. The zero-order chi connectivity index (χ0) is 32.0. The molecule has 0 aliphatic carbocycles. The van der Waals surface area contributed by atoms with Crippen molar-refractivity contribution in [2.45, 2.75) is 44.1 Å². The van der Waals surface area contributed by atoms with E-state index in [4.69, 9.17) is 14.6 Å². The van der Waals surface area contributed by atoms with Gasteiger partial charge in [0.25, 0.3) is 5.91 Å². The number of ether oxygens (including phenoxy) is 2. The molecule has 3 heterocycles. The number of rotatable bonds is 6. The van der Waals surface area contributed by atoms with E-state index in [9.17, 15) is 36.0 Å². The number of carbonyl (C=O) groups is 3. The molecule has 3 amide bonds. The molecule has 2 saturated heterocycles.